The molecule has 0 spiro atoms. The van der Waals surface area contributed by atoms with Crippen LogP contribution in [0.25, 0.3) is 6.08 Å². The van der Waals surface area contributed by atoms with Crippen LogP contribution < -0.4 is 5.32 Å². The molecule has 2 aromatic rings. The lowest BCUT2D eigenvalue weighted by molar-refractivity contribution is 1.02. The van der Waals surface area contributed by atoms with Gasteiger partial charge in [-0.25, -0.2) is 9.97 Å². The third-order valence-electron chi connectivity index (χ3n) is 3.22. The number of hydrogen-bond donors (Lipinski definition) is 2. The highest BCUT2D eigenvalue weighted by molar-refractivity contribution is 6.01. The number of terminal acetylenes is 1. The van der Waals surface area contributed by atoms with Crippen molar-refractivity contribution in [3.8, 4) is 12.3 Å². The lowest BCUT2D eigenvalue weighted by Gasteiger charge is -2.14. The lowest BCUT2D eigenvalue weighted by Crippen LogP contribution is -2.06. The second kappa shape index (κ2) is 6.68. The number of hydrogen-bond acceptors (Lipinski definition) is 4. The zero-order chi connectivity index (χ0) is 16.1. The third kappa shape index (κ3) is 3.39. The number of para-hydroxylation sites is 1. The predicted molar refractivity (Wildman–Crippen MR) is 91.6 cm³/mol. The van der Waals surface area contributed by atoms with Crippen molar-refractivity contribution in [3.05, 3.63) is 53.0 Å². The first-order chi connectivity index (χ1) is 10.5. The molecule has 1 heterocycles. The molecule has 1 aromatic carbocycles. The van der Waals surface area contributed by atoms with E-state index in [4.69, 9.17) is 11.8 Å². The van der Waals surface area contributed by atoms with Crippen molar-refractivity contribution < 1.29 is 0 Å². The summed E-state index contributed by atoms with van der Waals surface area (Å²) in [6.07, 6.45) is 8.67. The minimum atomic E-state index is 0.499. The molecule has 0 aliphatic rings. The number of anilines is 2. The van der Waals surface area contributed by atoms with Crippen LogP contribution in [-0.2, 0) is 0 Å². The van der Waals surface area contributed by atoms with E-state index in [0.717, 1.165) is 28.3 Å². The number of aromatic nitrogens is 2. The molecule has 0 saturated carbocycles. The fourth-order valence-corrected chi connectivity index (χ4v) is 2.11. The van der Waals surface area contributed by atoms with E-state index in [-0.39, 0.29) is 0 Å². The molecule has 0 radical (unpaired) electrons. The molecule has 110 valence electrons. The molecule has 0 fully saturated rings. The van der Waals surface area contributed by atoms with Gasteiger partial charge in [0.1, 0.15) is 11.6 Å². The van der Waals surface area contributed by atoms with Crippen LogP contribution in [0.4, 0.5) is 11.5 Å². The highest BCUT2D eigenvalue weighted by Crippen LogP contribution is 2.24. The Morgan fingerprint density at radius 1 is 1.27 bits per heavy atom. The normalized spacial score (nSPS) is 10.5. The number of nitrogens with zero attached hydrogens (tertiary/aromatic N) is 2. The van der Waals surface area contributed by atoms with Gasteiger partial charge in [0, 0.05) is 22.5 Å². The number of benzene rings is 1. The quantitative estimate of drug-likeness (QED) is 0.663. The van der Waals surface area contributed by atoms with Gasteiger partial charge in [0.05, 0.1) is 5.69 Å². The maximum Gasteiger partial charge on any atom is 0.137 e. The number of rotatable bonds is 4. The van der Waals surface area contributed by atoms with Crippen molar-refractivity contribution in [1.29, 1.82) is 5.41 Å². The second-order valence-corrected chi connectivity index (χ2v) is 4.93. The Morgan fingerprint density at radius 3 is 2.68 bits per heavy atom. The Hall–Kier alpha value is -2.93. The topological polar surface area (TPSA) is 61.7 Å². The molecule has 4 heteroatoms. The summed E-state index contributed by atoms with van der Waals surface area (Å²) in [4.78, 5) is 8.85. The van der Waals surface area contributed by atoms with Gasteiger partial charge in [-0.15, -0.1) is 6.42 Å². The molecule has 0 unspecified atom stereocenters. The smallest absolute Gasteiger partial charge is 0.137 e. The van der Waals surface area contributed by atoms with Crippen molar-refractivity contribution in [1.82, 2.24) is 9.97 Å². The van der Waals surface area contributed by atoms with Crippen LogP contribution in [0, 0.1) is 31.6 Å². The van der Waals surface area contributed by atoms with Gasteiger partial charge in [0.25, 0.3) is 0 Å². The molecule has 0 bridgehead atoms. The summed E-state index contributed by atoms with van der Waals surface area (Å²) in [6, 6.07) is 7.68. The Kier molecular flexibility index (Phi) is 4.70. The average Bonchev–Trinajstić information content (AvgIpc) is 2.49. The molecule has 4 nitrogen and oxygen atoms in total. The highest BCUT2D eigenvalue weighted by Gasteiger charge is 2.10. The SMILES string of the molecule is C#C/C=C\c1nc(C)nc(Nc2ccccc2C(C)=N)c1C. The summed E-state index contributed by atoms with van der Waals surface area (Å²) in [6.45, 7) is 5.54. The molecule has 0 atom stereocenters. The first kappa shape index (κ1) is 15.5. The Morgan fingerprint density at radius 2 is 2.00 bits per heavy atom. The van der Waals surface area contributed by atoms with Crippen molar-refractivity contribution in [2.45, 2.75) is 20.8 Å². The van der Waals surface area contributed by atoms with Gasteiger partial charge in [-0.3, -0.25) is 0 Å². The van der Waals surface area contributed by atoms with Crippen LogP contribution in [0.15, 0.2) is 30.3 Å². The maximum atomic E-state index is 7.87. The zero-order valence-corrected chi connectivity index (χ0v) is 12.9. The summed E-state index contributed by atoms with van der Waals surface area (Å²) >= 11 is 0. The van der Waals surface area contributed by atoms with Gasteiger partial charge >= 0.3 is 0 Å². The van der Waals surface area contributed by atoms with Gasteiger partial charge in [-0.1, -0.05) is 24.1 Å². The Balaban J connectivity index is 2.47. The monoisotopic (exact) mass is 290 g/mol. The fourth-order valence-electron chi connectivity index (χ4n) is 2.11. The Bertz CT molecular complexity index is 782. The lowest BCUT2D eigenvalue weighted by atomic mass is 10.1. The summed E-state index contributed by atoms with van der Waals surface area (Å²) in [5.41, 5.74) is 3.90. The van der Waals surface area contributed by atoms with E-state index < -0.39 is 0 Å². The minimum absolute atomic E-state index is 0.499. The first-order valence-electron chi connectivity index (χ1n) is 6.92. The second-order valence-electron chi connectivity index (χ2n) is 4.93. The summed E-state index contributed by atoms with van der Waals surface area (Å²) in [5.74, 6) is 3.85. The van der Waals surface area contributed by atoms with E-state index in [9.17, 15) is 0 Å². The van der Waals surface area contributed by atoms with Crippen LogP contribution >= 0.6 is 0 Å². The van der Waals surface area contributed by atoms with Crippen molar-refractivity contribution in [3.63, 3.8) is 0 Å². The van der Waals surface area contributed by atoms with Crippen LogP contribution in [0.5, 0.6) is 0 Å². The van der Waals surface area contributed by atoms with Crippen LogP contribution in [0.2, 0.25) is 0 Å². The largest absolute Gasteiger partial charge is 0.339 e. The van der Waals surface area contributed by atoms with Crippen LogP contribution in [0.1, 0.15) is 29.6 Å². The summed E-state index contributed by atoms with van der Waals surface area (Å²) in [7, 11) is 0. The number of aryl methyl sites for hydroxylation is 1. The molecule has 0 aliphatic heterocycles. The molecule has 2 N–H and O–H groups in total. The molecule has 22 heavy (non-hydrogen) atoms. The van der Waals surface area contributed by atoms with E-state index in [0.29, 0.717) is 11.5 Å². The van der Waals surface area contributed by atoms with Crippen LogP contribution in [0.3, 0.4) is 0 Å². The fraction of sp³-hybridized carbons (Fsp3) is 0.167. The van der Waals surface area contributed by atoms with Gasteiger partial charge in [0.2, 0.25) is 0 Å². The minimum Gasteiger partial charge on any atom is -0.339 e. The Labute approximate surface area is 130 Å². The van der Waals surface area contributed by atoms with E-state index in [1.807, 2.05) is 38.1 Å². The van der Waals surface area contributed by atoms with Gasteiger partial charge in [-0.05, 0) is 39.0 Å². The van der Waals surface area contributed by atoms with Crippen molar-refractivity contribution in [2.24, 2.45) is 0 Å². The number of allylic oxidation sites excluding steroid dienone is 1. The van der Waals surface area contributed by atoms with Gasteiger partial charge in [0.15, 0.2) is 0 Å². The molecular formula is C18H18N4. The molecule has 0 saturated heterocycles. The maximum absolute atomic E-state index is 7.87. The van der Waals surface area contributed by atoms with Gasteiger partial charge in [-0.2, -0.15) is 0 Å². The first-order valence-corrected chi connectivity index (χ1v) is 6.92. The molecule has 2 rings (SSSR count). The molecule has 0 aliphatic carbocycles. The van der Waals surface area contributed by atoms with E-state index in [2.05, 4.69) is 21.2 Å². The molecular weight excluding hydrogens is 272 g/mol. The molecule has 0 amide bonds. The van der Waals surface area contributed by atoms with Crippen molar-refractivity contribution >= 4 is 23.3 Å². The van der Waals surface area contributed by atoms with E-state index >= 15 is 0 Å². The number of nitrogens with one attached hydrogen (secondary N) is 2. The van der Waals surface area contributed by atoms with E-state index in [1.54, 1.807) is 19.1 Å². The van der Waals surface area contributed by atoms with Crippen LogP contribution in [-0.4, -0.2) is 15.7 Å². The zero-order valence-electron chi connectivity index (χ0n) is 12.9. The van der Waals surface area contributed by atoms with Gasteiger partial charge < -0.3 is 10.7 Å². The highest BCUT2D eigenvalue weighted by atomic mass is 15.0. The van der Waals surface area contributed by atoms with Crippen molar-refractivity contribution in [2.75, 3.05) is 5.32 Å². The standard InChI is InChI=1S/C18H18N4/c1-5-6-10-16-12(2)18(21-14(4)20-16)22-17-11-8-7-9-15(17)13(3)19/h1,6-11,19H,2-4H3,(H,20,21,22)/b10-6-,19-13?. The summed E-state index contributed by atoms with van der Waals surface area (Å²) < 4.78 is 0. The third-order valence-corrected chi connectivity index (χ3v) is 3.22. The average molecular weight is 290 g/mol. The van der Waals surface area contributed by atoms with E-state index in [1.165, 1.54) is 0 Å². The summed E-state index contributed by atoms with van der Waals surface area (Å²) in [5, 5.41) is 11.2. The predicted octanol–water partition coefficient (Wildman–Crippen LogP) is 3.87. The molecule has 1 aromatic heterocycles.